The number of hydrogen-bond acceptors (Lipinski definition) is 6. The second kappa shape index (κ2) is 6.65. The summed E-state index contributed by atoms with van der Waals surface area (Å²) in [7, 11) is -2.54. The zero-order chi connectivity index (χ0) is 15.5. The number of aromatic nitrogens is 2. The molecule has 1 amide bonds. The van der Waals surface area contributed by atoms with Gasteiger partial charge in [-0.15, -0.1) is 10.2 Å². The predicted octanol–water partition coefficient (Wildman–Crippen LogP) is -0.391. The van der Waals surface area contributed by atoms with Crippen LogP contribution in [0.4, 0.5) is 0 Å². The van der Waals surface area contributed by atoms with Gasteiger partial charge in [0.2, 0.25) is 5.91 Å². The number of amides is 1. The molecule has 0 saturated carbocycles. The maximum Gasteiger partial charge on any atom is 0.262 e. The van der Waals surface area contributed by atoms with E-state index in [0.29, 0.717) is 26.3 Å². The number of morpholine rings is 1. The SMILES string of the molecule is CN(CC(=O)N1CCOCC1)S(=O)(=O)c1ccc(Cl)nn1. The summed E-state index contributed by atoms with van der Waals surface area (Å²) >= 11 is 5.57. The molecule has 1 aliphatic rings. The summed E-state index contributed by atoms with van der Waals surface area (Å²) in [6.07, 6.45) is 0. The lowest BCUT2D eigenvalue weighted by Gasteiger charge is -2.28. The molecule has 0 spiro atoms. The van der Waals surface area contributed by atoms with E-state index >= 15 is 0 Å². The number of rotatable bonds is 4. The van der Waals surface area contributed by atoms with Gasteiger partial charge in [-0.05, 0) is 12.1 Å². The molecule has 0 N–H and O–H groups in total. The second-order valence-corrected chi connectivity index (χ2v) is 6.83. The Morgan fingerprint density at radius 1 is 1.38 bits per heavy atom. The third-order valence-electron chi connectivity index (χ3n) is 3.00. The highest BCUT2D eigenvalue weighted by Crippen LogP contribution is 2.12. The van der Waals surface area contributed by atoms with Crippen LogP contribution in [0.25, 0.3) is 0 Å². The van der Waals surface area contributed by atoms with Crippen molar-refractivity contribution in [1.82, 2.24) is 19.4 Å². The molecule has 1 aromatic rings. The molecule has 1 saturated heterocycles. The van der Waals surface area contributed by atoms with Crippen LogP contribution in [0.5, 0.6) is 0 Å². The largest absolute Gasteiger partial charge is 0.378 e. The van der Waals surface area contributed by atoms with Crippen LogP contribution < -0.4 is 0 Å². The lowest BCUT2D eigenvalue weighted by atomic mass is 10.4. The smallest absolute Gasteiger partial charge is 0.262 e. The monoisotopic (exact) mass is 334 g/mol. The van der Waals surface area contributed by atoms with E-state index in [2.05, 4.69) is 10.2 Å². The first-order valence-electron chi connectivity index (χ1n) is 6.22. The topological polar surface area (TPSA) is 92.7 Å². The molecule has 0 aliphatic carbocycles. The van der Waals surface area contributed by atoms with Crippen molar-refractivity contribution < 1.29 is 17.9 Å². The summed E-state index contributed by atoms with van der Waals surface area (Å²) in [5.41, 5.74) is 0. The van der Waals surface area contributed by atoms with Gasteiger partial charge in [0.05, 0.1) is 19.8 Å². The molecule has 0 aromatic carbocycles. The van der Waals surface area contributed by atoms with Gasteiger partial charge in [0.1, 0.15) is 0 Å². The number of likely N-dealkylation sites (N-methyl/N-ethyl adjacent to an activating group) is 1. The van der Waals surface area contributed by atoms with Crippen molar-refractivity contribution in [2.75, 3.05) is 39.9 Å². The van der Waals surface area contributed by atoms with E-state index in [9.17, 15) is 13.2 Å². The highest BCUT2D eigenvalue weighted by molar-refractivity contribution is 7.89. The highest BCUT2D eigenvalue weighted by atomic mass is 35.5. The Morgan fingerprint density at radius 2 is 2.05 bits per heavy atom. The van der Waals surface area contributed by atoms with Crippen molar-refractivity contribution in [3.63, 3.8) is 0 Å². The molecule has 2 rings (SSSR count). The molecule has 0 bridgehead atoms. The minimum absolute atomic E-state index is 0.0981. The molecular formula is C11H15ClN4O4S. The first-order chi connectivity index (χ1) is 9.91. The molecule has 21 heavy (non-hydrogen) atoms. The maximum absolute atomic E-state index is 12.2. The van der Waals surface area contributed by atoms with Crippen LogP contribution in [0.2, 0.25) is 5.15 Å². The Kier molecular flexibility index (Phi) is 5.09. The van der Waals surface area contributed by atoms with Crippen LogP contribution in [0.3, 0.4) is 0 Å². The molecule has 2 heterocycles. The van der Waals surface area contributed by atoms with Gasteiger partial charge in [-0.25, -0.2) is 8.42 Å². The van der Waals surface area contributed by atoms with E-state index in [4.69, 9.17) is 16.3 Å². The lowest BCUT2D eigenvalue weighted by Crippen LogP contribution is -2.46. The first-order valence-corrected chi connectivity index (χ1v) is 8.04. The third kappa shape index (κ3) is 3.88. The van der Waals surface area contributed by atoms with E-state index < -0.39 is 10.0 Å². The quantitative estimate of drug-likeness (QED) is 0.744. The Hall–Kier alpha value is -1.29. The van der Waals surface area contributed by atoms with Crippen molar-refractivity contribution >= 4 is 27.5 Å². The molecule has 0 radical (unpaired) electrons. The Balaban J connectivity index is 2.06. The van der Waals surface area contributed by atoms with Gasteiger partial charge in [0.25, 0.3) is 10.0 Å². The summed E-state index contributed by atoms with van der Waals surface area (Å²) in [5, 5.41) is 6.88. The van der Waals surface area contributed by atoms with Gasteiger partial charge >= 0.3 is 0 Å². The Labute approximate surface area is 127 Å². The van der Waals surface area contributed by atoms with E-state index in [1.807, 2.05) is 0 Å². The number of carbonyl (C=O) groups is 1. The average molecular weight is 335 g/mol. The number of sulfonamides is 1. The number of nitrogens with zero attached hydrogens (tertiary/aromatic N) is 4. The predicted molar refractivity (Wildman–Crippen MR) is 74.3 cm³/mol. The average Bonchev–Trinajstić information content (AvgIpc) is 2.48. The molecule has 1 aromatic heterocycles. The summed E-state index contributed by atoms with van der Waals surface area (Å²) in [4.78, 5) is 13.6. The lowest BCUT2D eigenvalue weighted by molar-refractivity contribution is -0.135. The van der Waals surface area contributed by atoms with E-state index in [1.165, 1.54) is 19.2 Å². The molecule has 10 heteroatoms. The van der Waals surface area contributed by atoms with E-state index in [0.717, 1.165) is 4.31 Å². The zero-order valence-electron chi connectivity index (χ0n) is 11.4. The fourth-order valence-electron chi connectivity index (χ4n) is 1.79. The number of carbonyl (C=O) groups excluding carboxylic acids is 1. The second-order valence-electron chi connectivity index (χ2n) is 4.45. The van der Waals surface area contributed by atoms with Crippen molar-refractivity contribution in [3.05, 3.63) is 17.3 Å². The molecule has 0 unspecified atom stereocenters. The minimum atomic E-state index is -3.87. The fraction of sp³-hybridized carbons (Fsp3) is 0.545. The number of halogens is 1. The fourth-order valence-corrected chi connectivity index (χ4v) is 2.87. The van der Waals surface area contributed by atoms with Gasteiger partial charge in [0, 0.05) is 20.1 Å². The molecular weight excluding hydrogens is 320 g/mol. The summed E-state index contributed by atoms with van der Waals surface area (Å²) in [6, 6.07) is 2.58. The van der Waals surface area contributed by atoms with Crippen molar-refractivity contribution in [1.29, 1.82) is 0 Å². The van der Waals surface area contributed by atoms with Crippen LogP contribution in [0.1, 0.15) is 0 Å². The molecule has 1 aliphatic heterocycles. The summed E-state index contributed by atoms with van der Waals surface area (Å²) in [6.45, 7) is 1.60. The minimum Gasteiger partial charge on any atom is -0.378 e. The number of ether oxygens (including phenoxy) is 1. The molecule has 0 atom stereocenters. The molecule has 116 valence electrons. The van der Waals surface area contributed by atoms with Crippen LogP contribution in [-0.4, -0.2) is 73.6 Å². The van der Waals surface area contributed by atoms with Gasteiger partial charge in [-0.3, -0.25) is 4.79 Å². The van der Waals surface area contributed by atoms with Gasteiger partial charge in [0.15, 0.2) is 10.2 Å². The van der Waals surface area contributed by atoms with Crippen LogP contribution in [0, 0.1) is 0 Å². The van der Waals surface area contributed by atoms with Gasteiger partial charge < -0.3 is 9.64 Å². The van der Waals surface area contributed by atoms with Crippen molar-refractivity contribution in [2.45, 2.75) is 5.03 Å². The first kappa shape index (κ1) is 16.1. The Morgan fingerprint density at radius 3 is 2.62 bits per heavy atom. The van der Waals surface area contributed by atoms with Crippen LogP contribution >= 0.6 is 11.6 Å². The van der Waals surface area contributed by atoms with Gasteiger partial charge in [-0.1, -0.05) is 11.6 Å². The highest BCUT2D eigenvalue weighted by Gasteiger charge is 2.27. The molecule has 1 fully saturated rings. The molecule has 8 nitrogen and oxygen atoms in total. The normalized spacial score (nSPS) is 16.2. The van der Waals surface area contributed by atoms with Crippen molar-refractivity contribution in [2.24, 2.45) is 0 Å². The third-order valence-corrected chi connectivity index (χ3v) is 4.90. The Bertz CT molecular complexity index is 601. The number of hydrogen-bond donors (Lipinski definition) is 0. The van der Waals surface area contributed by atoms with Crippen LogP contribution in [0.15, 0.2) is 17.2 Å². The standard InChI is InChI=1S/C11H15ClN4O4S/c1-15(8-11(17)16-4-6-20-7-5-16)21(18,19)10-3-2-9(12)13-14-10/h2-3H,4-8H2,1H3. The van der Waals surface area contributed by atoms with Crippen molar-refractivity contribution in [3.8, 4) is 0 Å². The van der Waals surface area contributed by atoms with E-state index in [-0.39, 0.29) is 22.6 Å². The zero-order valence-corrected chi connectivity index (χ0v) is 13.0. The van der Waals surface area contributed by atoms with Gasteiger partial charge in [-0.2, -0.15) is 4.31 Å². The summed E-state index contributed by atoms with van der Waals surface area (Å²) < 4.78 is 30.6. The van der Waals surface area contributed by atoms with E-state index in [1.54, 1.807) is 4.90 Å². The maximum atomic E-state index is 12.2. The summed E-state index contributed by atoms with van der Waals surface area (Å²) in [5.74, 6) is -0.272. The van der Waals surface area contributed by atoms with Crippen LogP contribution in [-0.2, 0) is 19.6 Å².